The van der Waals surface area contributed by atoms with Crippen molar-refractivity contribution in [3.63, 3.8) is 0 Å². The number of aromatic amines is 1. The second kappa shape index (κ2) is 5.36. The zero-order chi connectivity index (χ0) is 15.7. The summed E-state index contributed by atoms with van der Waals surface area (Å²) in [5.41, 5.74) is 1.53. The third-order valence-corrected chi connectivity index (χ3v) is 3.19. The maximum absolute atomic E-state index is 12.3. The smallest absolute Gasteiger partial charge is 0.263 e. The molecule has 0 aliphatic heterocycles. The molecule has 22 heavy (non-hydrogen) atoms. The van der Waals surface area contributed by atoms with Crippen LogP contribution in [0.4, 0.5) is 5.69 Å². The minimum Gasteiger partial charge on any atom is -0.508 e. The third kappa shape index (κ3) is 2.69. The molecule has 112 valence electrons. The highest BCUT2D eigenvalue weighted by Crippen LogP contribution is 2.15. The van der Waals surface area contributed by atoms with Gasteiger partial charge in [-0.1, -0.05) is 6.07 Å². The zero-order valence-corrected chi connectivity index (χ0v) is 11.8. The van der Waals surface area contributed by atoms with Gasteiger partial charge in [0.05, 0.1) is 5.39 Å². The predicted molar refractivity (Wildman–Crippen MR) is 81.8 cm³/mol. The van der Waals surface area contributed by atoms with E-state index in [1.165, 1.54) is 23.0 Å². The molecular weight excluding hydrogens is 284 g/mol. The Morgan fingerprint density at radius 2 is 2.23 bits per heavy atom. The number of rotatable bonds is 3. The van der Waals surface area contributed by atoms with Crippen molar-refractivity contribution in [3.05, 3.63) is 52.7 Å². The van der Waals surface area contributed by atoms with Crippen LogP contribution in [0.3, 0.4) is 0 Å². The summed E-state index contributed by atoms with van der Waals surface area (Å²) in [6.45, 7) is 1.68. The Balaban J connectivity index is 1.82. The molecule has 0 fully saturated rings. The number of carbonyl (C=O) groups is 1. The number of phenols is 1. The van der Waals surface area contributed by atoms with Gasteiger partial charge in [-0.15, -0.1) is 0 Å². The van der Waals surface area contributed by atoms with E-state index < -0.39 is 0 Å². The molecule has 0 atom stereocenters. The molecule has 2 aromatic heterocycles. The Bertz CT molecular complexity index is 911. The highest BCUT2D eigenvalue weighted by molar-refractivity contribution is 5.90. The Hall–Kier alpha value is -3.09. The van der Waals surface area contributed by atoms with Crippen molar-refractivity contribution in [1.29, 1.82) is 0 Å². The van der Waals surface area contributed by atoms with E-state index in [9.17, 15) is 14.7 Å². The molecule has 0 spiro atoms. The summed E-state index contributed by atoms with van der Waals surface area (Å²) in [7, 11) is 0. The zero-order valence-electron chi connectivity index (χ0n) is 11.8. The molecule has 3 aromatic rings. The van der Waals surface area contributed by atoms with Crippen LogP contribution in [-0.4, -0.2) is 25.5 Å². The molecule has 0 aliphatic carbocycles. The molecule has 0 radical (unpaired) electrons. The normalized spacial score (nSPS) is 10.8. The summed E-state index contributed by atoms with van der Waals surface area (Å²) < 4.78 is 1.24. The number of H-pyrrole nitrogens is 1. The largest absolute Gasteiger partial charge is 0.508 e. The molecule has 0 saturated heterocycles. The van der Waals surface area contributed by atoms with Crippen molar-refractivity contribution < 1.29 is 9.90 Å². The second-order valence-corrected chi connectivity index (χ2v) is 4.99. The molecule has 7 heteroatoms. The summed E-state index contributed by atoms with van der Waals surface area (Å²) in [4.78, 5) is 31.4. The van der Waals surface area contributed by atoms with Crippen molar-refractivity contribution in [2.75, 3.05) is 5.32 Å². The number of phenolic OH excluding ortho intramolecular Hbond substituents is 1. The van der Waals surface area contributed by atoms with Crippen molar-refractivity contribution in [3.8, 4) is 5.75 Å². The third-order valence-electron chi connectivity index (χ3n) is 3.19. The lowest BCUT2D eigenvalue weighted by molar-refractivity contribution is -0.116. The number of hydrogen-bond donors (Lipinski definition) is 3. The SMILES string of the molecule is Cc1cc2c(=O)n(CC(=O)Nc3cccc(O)c3)cnc2[nH]1. The van der Waals surface area contributed by atoms with Crippen LogP contribution in [0.15, 0.2) is 41.5 Å². The van der Waals surface area contributed by atoms with Crippen LogP contribution in [-0.2, 0) is 11.3 Å². The van der Waals surface area contributed by atoms with Gasteiger partial charge in [-0.25, -0.2) is 4.98 Å². The van der Waals surface area contributed by atoms with Crippen LogP contribution in [0.1, 0.15) is 5.69 Å². The Morgan fingerprint density at radius 3 is 3.00 bits per heavy atom. The first-order valence-corrected chi connectivity index (χ1v) is 6.66. The summed E-state index contributed by atoms with van der Waals surface area (Å²) in [6, 6.07) is 7.91. The quantitative estimate of drug-likeness (QED) is 0.680. The van der Waals surface area contributed by atoms with E-state index in [-0.39, 0.29) is 23.8 Å². The van der Waals surface area contributed by atoms with Crippen LogP contribution in [0.25, 0.3) is 11.0 Å². The van der Waals surface area contributed by atoms with Gasteiger partial charge >= 0.3 is 0 Å². The average molecular weight is 298 g/mol. The van der Waals surface area contributed by atoms with E-state index in [2.05, 4.69) is 15.3 Å². The Labute approximate surface area is 125 Å². The summed E-state index contributed by atoms with van der Waals surface area (Å²) in [6.07, 6.45) is 1.34. The first-order valence-electron chi connectivity index (χ1n) is 6.66. The maximum atomic E-state index is 12.3. The van der Waals surface area contributed by atoms with Gasteiger partial charge in [0, 0.05) is 17.4 Å². The number of fused-ring (bicyclic) bond motifs is 1. The Kier molecular flexibility index (Phi) is 3.38. The number of nitrogens with zero attached hydrogens (tertiary/aromatic N) is 2. The van der Waals surface area contributed by atoms with Gasteiger partial charge in [-0.05, 0) is 25.1 Å². The lowest BCUT2D eigenvalue weighted by Gasteiger charge is -2.07. The molecule has 0 unspecified atom stereocenters. The van der Waals surface area contributed by atoms with Gasteiger partial charge in [0.15, 0.2) is 0 Å². The number of anilines is 1. The van der Waals surface area contributed by atoms with E-state index in [0.29, 0.717) is 16.7 Å². The second-order valence-electron chi connectivity index (χ2n) is 4.99. The van der Waals surface area contributed by atoms with Crippen LogP contribution in [0.2, 0.25) is 0 Å². The Morgan fingerprint density at radius 1 is 1.41 bits per heavy atom. The van der Waals surface area contributed by atoms with Gasteiger partial charge in [0.25, 0.3) is 5.56 Å². The molecule has 0 saturated carbocycles. The van der Waals surface area contributed by atoms with E-state index >= 15 is 0 Å². The fraction of sp³-hybridized carbons (Fsp3) is 0.133. The molecule has 0 bridgehead atoms. The predicted octanol–water partition coefficient (Wildman–Crippen LogP) is 1.38. The molecule has 7 nitrogen and oxygen atoms in total. The van der Waals surface area contributed by atoms with Crippen LogP contribution >= 0.6 is 0 Å². The number of nitrogens with one attached hydrogen (secondary N) is 2. The number of aromatic hydroxyl groups is 1. The molecule has 1 amide bonds. The molecule has 3 N–H and O–H groups in total. The number of aryl methyl sites for hydroxylation is 1. The average Bonchev–Trinajstić information content (AvgIpc) is 2.83. The summed E-state index contributed by atoms with van der Waals surface area (Å²) >= 11 is 0. The van der Waals surface area contributed by atoms with Crippen molar-refractivity contribution in [2.24, 2.45) is 0 Å². The van der Waals surface area contributed by atoms with Crippen molar-refractivity contribution in [1.82, 2.24) is 14.5 Å². The number of benzene rings is 1. The van der Waals surface area contributed by atoms with E-state index in [4.69, 9.17) is 0 Å². The number of amides is 1. The minimum absolute atomic E-state index is 0.0563. The van der Waals surface area contributed by atoms with E-state index in [1.54, 1.807) is 18.2 Å². The summed E-state index contributed by atoms with van der Waals surface area (Å²) in [5, 5.41) is 12.4. The van der Waals surface area contributed by atoms with E-state index in [1.807, 2.05) is 6.92 Å². The highest BCUT2D eigenvalue weighted by Gasteiger charge is 2.10. The molecule has 3 rings (SSSR count). The fourth-order valence-electron chi connectivity index (χ4n) is 2.23. The van der Waals surface area contributed by atoms with Gasteiger partial charge in [0.2, 0.25) is 5.91 Å². The number of hydrogen-bond acceptors (Lipinski definition) is 4. The summed E-state index contributed by atoms with van der Waals surface area (Å²) in [5.74, 6) is -0.318. The van der Waals surface area contributed by atoms with Gasteiger partial charge in [0.1, 0.15) is 24.3 Å². The maximum Gasteiger partial charge on any atom is 0.263 e. The van der Waals surface area contributed by atoms with Crippen LogP contribution < -0.4 is 10.9 Å². The van der Waals surface area contributed by atoms with Gasteiger partial charge < -0.3 is 15.4 Å². The van der Waals surface area contributed by atoms with Gasteiger partial charge in [-0.3, -0.25) is 14.2 Å². The molecule has 1 aromatic carbocycles. The standard InChI is InChI=1S/C15H14N4O3/c1-9-5-12-14(17-9)16-8-19(15(12)22)7-13(21)18-10-3-2-4-11(20)6-10/h2-6,8,17,20H,7H2,1H3,(H,18,21). The first-order chi connectivity index (χ1) is 10.5. The fourth-order valence-corrected chi connectivity index (χ4v) is 2.23. The minimum atomic E-state index is -0.374. The topological polar surface area (TPSA) is 100 Å². The van der Waals surface area contributed by atoms with Crippen molar-refractivity contribution >= 4 is 22.6 Å². The number of aromatic nitrogens is 3. The monoisotopic (exact) mass is 298 g/mol. The molecular formula is C15H14N4O3. The van der Waals surface area contributed by atoms with Crippen LogP contribution in [0, 0.1) is 6.92 Å². The van der Waals surface area contributed by atoms with Crippen molar-refractivity contribution in [2.45, 2.75) is 13.5 Å². The van der Waals surface area contributed by atoms with E-state index in [0.717, 1.165) is 5.69 Å². The first kappa shape index (κ1) is 13.9. The molecule has 0 aliphatic rings. The number of carbonyl (C=O) groups excluding carboxylic acids is 1. The highest BCUT2D eigenvalue weighted by atomic mass is 16.3. The lowest BCUT2D eigenvalue weighted by Crippen LogP contribution is -2.27. The lowest BCUT2D eigenvalue weighted by atomic mass is 10.3. The van der Waals surface area contributed by atoms with Gasteiger partial charge in [-0.2, -0.15) is 0 Å². The van der Waals surface area contributed by atoms with Crippen LogP contribution in [0.5, 0.6) is 5.75 Å². The molecule has 2 heterocycles.